The molecular weight excluding hydrogens is 168 g/mol. The molecule has 1 aliphatic carbocycles. The van der Waals surface area contributed by atoms with Crippen LogP contribution in [0.25, 0.3) is 0 Å². The fraction of sp³-hybridized carbons (Fsp3) is 1.00. The van der Waals surface area contributed by atoms with Gasteiger partial charge in [0.15, 0.2) is 0 Å². The molecule has 0 bridgehead atoms. The molecule has 0 radical (unpaired) electrons. The molecule has 0 nitrogen and oxygen atoms in total. The fourth-order valence-electron chi connectivity index (χ4n) is 2.98. The molecule has 0 aromatic carbocycles. The number of rotatable bonds is 3. The summed E-state index contributed by atoms with van der Waals surface area (Å²) < 4.78 is 0. The maximum absolute atomic E-state index is 2.40. The van der Waals surface area contributed by atoms with Gasteiger partial charge in [-0.3, -0.25) is 0 Å². The summed E-state index contributed by atoms with van der Waals surface area (Å²) in [6.45, 7) is 9.52. The van der Waals surface area contributed by atoms with Gasteiger partial charge in [-0.25, -0.2) is 0 Å². The molecule has 0 heteroatoms. The first-order chi connectivity index (χ1) is 6.59. The second-order valence-electron chi connectivity index (χ2n) is 6.01. The van der Waals surface area contributed by atoms with Gasteiger partial charge in [0.05, 0.1) is 0 Å². The molecule has 1 saturated carbocycles. The SMILES string of the molecule is CC(C)CC1CCCC(C(C)C)CC1. The predicted octanol–water partition coefficient (Wildman–Crippen LogP) is 4.89. The summed E-state index contributed by atoms with van der Waals surface area (Å²) in [5.74, 6) is 3.87. The van der Waals surface area contributed by atoms with Crippen LogP contribution < -0.4 is 0 Å². The standard InChI is InChI=1S/C14H28/c1-11(2)10-13-6-5-7-14(9-8-13)12(3)4/h11-14H,5-10H2,1-4H3. The lowest BCUT2D eigenvalue weighted by Gasteiger charge is -2.19. The Morgan fingerprint density at radius 2 is 1.64 bits per heavy atom. The summed E-state index contributed by atoms with van der Waals surface area (Å²) in [4.78, 5) is 0. The summed E-state index contributed by atoms with van der Waals surface area (Å²) in [6, 6.07) is 0. The van der Waals surface area contributed by atoms with Crippen molar-refractivity contribution in [1.82, 2.24) is 0 Å². The van der Waals surface area contributed by atoms with Crippen LogP contribution in [0.3, 0.4) is 0 Å². The van der Waals surface area contributed by atoms with Gasteiger partial charge in [-0.15, -0.1) is 0 Å². The molecule has 84 valence electrons. The van der Waals surface area contributed by atoms with Crippen molar-refractivity contribution in [2.45, 2.75) is 66.2 Å². The maximum Gasteiger partial charge on any atom is -0.0391 e. The van der Waals surface area contributed by atoms with Crippen LogP contribution in [0.2, 0.25) is 0 Å². The minimum absolute atomic E-state index is 0.899. The van der Waals surface area contributed by atoms with E-state index in [2.05, 4.69) is 27.7 Å². The molecule has 14 heavy (non-hydrogen) atoms. The number of hydrogen-bond donors (Lipinski definition) is 0. The summed E-state index contributed by atoms with van der Waals surface area (Å²) in [6.07, 6.45) is 8.94. The summed E-state index contributed by atoms with van der Waals surface area (Å²) in [7, 11) is 0. The Morgan fingerprint density at radius 1 is 0.929 bits per heavy atom. The van der Waals surface area contributed by atoms with Crippen LogP contribution in [0.4, 0.5) is 0 Å². The van der Waals surface area contributed by atoms with Crippen molar-refractivity contribution < 1.29 is 0 Å². The Bertz CT molecular complexity index is 146. The van der Waals surface area contributed by atoms with Crippen molar-refractivity contribution in [3.8, 4) is 0 Å². The van der Waals surface area contributed by atoms with E-state index in [-0.39, 0.29) is 0 Å². The third-order valence-electron chi connectivity index (χ3n) is 3.88. The van der Waals surface area contributed by atoms with Gasteiger partial charge in [0.25, 0.3) is 0 Å². The molecule has 1 rings (SSSR count). The summed E-state index contributed by atoms with van der Waals surface area (Å²) in [5.41, 5.74) is 0. The Hall–Kier alpha value is 0. The van der Waals surface area contributed by atoms with E-state index < -0.39 is 0 Å². The van der Waals surface area contributed by atoms with E-state index in [4.69, 9.17) is 0 Å². The third-order valence-corrected chi connectivity index (χ3v) is 3.88. The van der Waals surface area contributed by atoms with E-state index in [0.29, 0.717) is 0 Å². The predicted molar refractivity (Wildman–Crippen MR) is 64.4 cm³/mol. The second-order valence-corrected chi connectivity index (χ2v) is 6.01. The van der Waals surface area contributed by atoms with Crippen LogP contribution in [-0.4, -0.2) is 0 Å². The van der Waals surface area contributed by atoms with Gasteiger partial charge in [0, 0.05) is 0 Å². The highest BCUT2D eigenvalue weighted by Crippen LogP contribution is 2.34. The van der Waals surface area contributed by atoms with Gasteiger partial charge < -0.3 is 0 Å². The van der Waals surface area contributed by atoms with E-state index in [0.717, 1.165) is 23.7 Å². The Labute approximate surface area is 90.5 Å². The van der Waals surface area contributed by atoms with Crippen LogP contribution in [0.1, 0.15) is 66.2 Å². The minimum atomic E-state index is 0.899. The molecule has 0 saturated heterocycles. The molecule has 0 aromatic heterocycles. The smallest absolute Gasteiger partial charge is 0.0391 e. The van der Waals surface area contributed by atoms with Gasteiger partial charge >= 0.3 is 0 Å². The van der Waals surface area contributed by atoms with Crippen molar-refractivity contribution in [3.63, 3.8) is 0 Å². The molecular formula is C14H28. The van der Waals surface area contributed by atoms with Crippen LogP contribution in [0, 0.1) is 23.7 Å². The van der Waals surface area contributed by atoms with E-state index in [1.54, 1.807) is 0 Å². The average Bonchev–Trinajstić information content (AvgIpc) is 2.28. The van der Waals surface area contributed by atoms with E-state index >= 15 is 0 Å². The second kappa shape index (κ2) is 5.78. The highest BCUT2D eigenvalue weighted by atomic mass is 14.3. The van der Waals surface area contributed by atoms with Crippen molar-refractivity contribution in [2.75, 3.05) is 0 Å². The van der Waals surface area contributed by atoms with Crippen LogP contribution in [0.15, 0.2) is 0 Å². The molecule has 0 amide bonds. The van der Waals surface area contributed by atoms with E-state index in [1.165, 1.54) is 38.5 Å². The molecule has 0 N–H and O–H groups in total. The van der Waals surface area contributed by atoms with Crippen molar-refractivity contribution >= 4 is 0 Å². The molecule has 1 fully saturated rings. The Balaban J connectivity index is 2.33. The Morgan fingerprint density at radius 3 is 2.21 bits per heavy atom. The van der Waals surface area contributed by atoms with Gasteiger partial charge in [-0.1, -0.05) is 53.4 Å². The molecule has 2 atom stereocenters. The summed E-state index contributed by atoms with van der Waals surface area (Å²) in [5, 5.41) is 0. The van der Waals surface area contributed by atoms with Gasteiger partial charge in [0.2, 0.25) is 0 Å². The molecule has 0 aromatic rings. The topological polar surface area (TPSA) is 0 Å². The molecule has 2 unspecified atom stereocenters. The quantitative estimate of drug-likeness (QED) is 0.564. The minimum Gasteiger partial charge on any atom is -0.0628 e. The van der Waals surface area contributed by atoms with Crippen LogP contribution >= 0.6 is 0 Å². The van der Waals surface area contributed by atoms with Gasteiger partial charge in [-0.05, 0) is 36.5 Å². The zero-order valence-electron chi connectivity index (χ0n) is 10.6. The lowest BCUT2D eigenvalue weighted by Crippen LogP contribution is -2.08. The first-order valence-corrected chi connectivity index (χ1v) is 6.59. The Kier molecular flexibility index (Phi) is 4.98. The molecule has 0 spiro atoms. The lowest BCUT2D eigenvalue weighted by atomic mass is 9.87. The maximum atomic E-state index is 2.40. The van der Waals surface area contributed by atoms with Gasteiger partial charge in [-0.2, -0.15) is 0 Å². The van der Waals surface area contributed by atoms with Crippen molar-refractivity contribution in [1.29, 1.82) is 0 Å². The molecule has 1 aliphatic rings. The van der Waals surface area contributed by atoms with Crippen LogP contribution in [-0.2, 0) is 0 Å². The monoisotopic (exact) mass is 196 g/mol. The average molecular weight is 196 g/mol. The highest BCUT2D eigenvalue weighted by molar-refractivity contribution is 4.73. The molecule has 0 aliphatic heterocycles. The first kappa shape index (κ1) is 12.1. The normalized spacial score (nSPS) is 29.6. The van der Waals surface area contributed by atoms with Crippen molar-refractivity contribution in [3.05, 3.63) is 0 Å². The van der Waals surface area contributed by atoms with E-state index in [9.17, 15) is 0 Å². The fourth-order valence-corrected chi connectivity index (χ4v) is 2.98. The zero-order valence-corrected chi connectivity index (χ0v) is 10.6. The largest absolute Gasteiger partial charge is 0.0628 e. The van der Waals surface area contributed by atoms with Crippen molar-refractivity contribution in [2.24, 2.45) is 23.7 Å². The first-order valence-electron chi connectivity index (χ1n) is 6.59. The third kappa shape index (κ3) is 4.02. The summed E-state index contributed by atoms with van der Waals surface area (Å²) >= 11 is 0. The van der Waals surface area contributed by atoms with Gasteiger partial charge in [0.1, 0.15) is 0 Å². The van der Waals surface area contributed by atoms with E-state index in [1.807, 2.05) is 0 Å². The van der Waals surface area contributed by atoms with Crippen LogP contribution in [0.5, 0.6) is 0 Å². The molecule has 0 heterocycles. The lowest BCUT2D eigenvalue weighted by molar-refractivity contribution is 0.325. The number of hydrogen-bond acceptors (Lipinski definition) is 0. The highest BCUT2D eigenvalue weighted by Gasteiger charge is 2.21. The zero-order chi connectivity index (χ0) is 10.6.